The summed E-state index contributed by atoms with van der Waals surface area (Å²) in [6.07, 6.45) is 2.33. The van der Waals surface area contributed by atoms with E-state index < -0.39 is 0 Å². The van der Waals surface area contributed by atoms with Crippen molar-refractivity contribution >= 4 is 0 Å². The van der Waals surface area contributed by atoms with Gasteiger partial charge in [0.05, 0.1) is 6.04 Å². The minimum Gasteiger partial charge on any atom is -0.271 e. The summed E-state index contributed by atoms with van der Waals surface area (Å²) in [4.78, 5) is 4.38. The maximum atomic E-state index is 5.82. The fourth-order valence-electron chi connectivity index (χ4n) is 3.02. The van der Waals surface area contributed by atoms with Crippen LogP contribution in [0.5, 0.6) is 0 Å². The van der Waals surface area contributed by atoms with Crippen LogP contribution in [-0.4, -0.2) is 14.8 Å². The van der Waals surface area contributed by atoms with Crippen molar-refractivity contribution in [2.75, 3.05) is 0 Å². The highest BCUT2D eigenvalue weighted by molar-refractivity contribution is 5.40. The highest BCUT2D eigenvalue weighted by Crippen LogP contribution is 2.26. The summed E-state index contributed by atoms with van der Waals surface area (Å²) in [5.41, 5.74) is 7.98. The number of hydrazine groups is 1. The SMILES string of the molecule is Cc1cc(C)c(C(Cc2ncnn2C(C)C)NN)c(C)c1. The third kappa shape index (κ3) is 3.31. The predicted octanol–water partition coefficient (Wildman–Crippen LogP) is 2.53. The molecule has 2 aromatic rings. The number of nitrogens with one attached hydrogen (secondary N) is 1. The number of nitrogens with zero attached hydrogens (tertiary/aromatic N) is 3. The summed E-state index contributed by atoms with van der Waals surface area (Å²) < 4.78 is 1.95. The molecular weight excluding hydrogens is 262 g/mol. The maximum Gasteiger partial charge on any atom is 0.138 e. The van der Waals surface area contributed by atoms with E-state index in [4.69, 9.17) is 5.84 Å². The lowest BCUT2D eigenvalue weighted by Gasteiger charge is -2.22. The van der Waals surface area contributed by atoms with Crippen LogP contribution in [-0.2, 0) is 6.42 Å². The number of hydrogen-bond donors (Lipinski definition) is 2. The van der Waals surface area contributed by atoms with Crippen LogP contribution in [0.25, 0.3) is 0 Å². The maximum absolute atomic E-state index is 5.82. The highest BCUT2D eigenvalue weighted by Gasteiger charge is 2.19. The molecule has 0 amide bonds. The molecule has 0 bridgehead atoms. The Balaban J connectivity index is 2.35. The van der Waals surface area contributed by atoms with Crippen LogP contribution < -0.4 is 11.3 Å². The Morgan fingerprint density at radius 2 is 1.81 bits per heavy atom. The van der Waals surface area contributed by atoms with Crippen LogP contribution in [0.4, 0.5) is 0 Å². The molecule has 114 valence electrons. The van der Waals surface area contributed by atoms with Crippen molar-refractivity contribution in [2.45, 2.75) is 53.1 Å². The molecule has 0 fully saturated rings. The van der Waals surface area contributed by atoms with Gasteiger partial charge >= 0.3 is 0 Å². The molecule has 1 aromatic heterocycles. The van der Waals surface area contributed by atoms with Crippen LogP contribution in [0.15, 0.2) is 18.5 Å². The summed E-state index contributed by atoms with van der Waals surface area (Å²) in [6, 6.07) is 4.72. The monoisotopic (exact) mass is 287 g/mol. The predicted molar refractivity (Wildman–Crippen MR) is 84.8 cm³/mol. The van der Waals surface area contributed by atoms with Crippen LogP contribution in [0.2, 0.25) is 0 Å². The Bertz CT molecular complexity index is 592. The van der Waals surface area contributed by atoms with Crippen molar-refractivity contribution in [2.24, 2.45) is 5.84 Å². The fourth-order valence-corrected chi connectivity index (χ4v) is 3.02. The van der Waals surface area contributed by atoms with Gasteiger partial charge in [-0.05, 0) is 51.3 Å². The van der Waals surface area contributed by atoms with Crippen LogP contribution >= 0.6 is 0 Å². The van der Waals surface area contributed by atoms with E-state index in [-0.39, 0.29) is 6.04 Å². The third-order valence-corrected chi connectivity index (χ3v) is 3.81. The molecule has 0 radical (unpaired) electrons. The van der Waals surface area contributed by atoms with E-state index in [1.165, 1.54) is 22.3 Å². The van der Waals surface area contributed by atoms with Gasteiger partial charge in [0.25, 0.3) is 0 Å². The molecule has 5 nitrogen and oxygen atoms in total. The minimum atomic E-state index is 0.0345. The van der Waals surface area contributed by atoms with E-state index in [9.17, 15) is 0 Å². The van der Waals surface area contributed by atoms with E-state index >= 15 is 0 Å². The molecule has 2 rings (SSSR count). The van der Waals surface area contributed by atoms with Crippen molar-refractivity contribution in [3.63, 3.8) is 0 Å². The van der Waals surface area contributed by atoms with E-state index in [2.05, 4.69) is 62.3 Å². The molecule has 3 N–H and O–H groups in total. The number of aryl methyl sites for hydroxylation is 3. The van der Waals surface area contributed by atoms with Gasteiger partial charge in [-0.2, -0.15) is 5.10 Å². The first-order chi connectivity index (χ1) is 9.93. The smallest absolute Gasteiger partial charge is 0.138 e. The molecule has 1 heterocycles. The molecule has 0 aliphatic carbocycles. The van der Waals surface area contributed by atoms with Crippen molar-refractivity contribution in [3.8, 4) is 0 Å². The van der Waals surface area contributed by atoms with E-state index in [0.717, 1.165) is 12.2 Å². The second kappa shape index (κ2) is 6.37. The van der Waals surface area contributed by atoms with Gasteiger partial charge in [0, 0.05) is 12.5 Å². The zero-order valence-electron chi connectivity index (χ0n) is 13.5. The lowest BCUT2D eigenvalue weighted by atomic mass is 9.92. The first-order valence-electron chi connectivity index (χ1n) is 7.36. The van der Waals surface area contributed by atoms with Gasteiger partial charge in [-0.15, -0.1) is 0 Å². The molecule has 0 aliphatic rings. The van der Waals surface area contributed by atoms with Crippen molar-refractivity contribution < 1.29 is 0 Å². The Morgan fingerprint density at radius 1 is 1.19 bits per heavy atom. The molecule has 5 heteroatoms. The van der Waals surface area contributed by atoms with Gasteiger partial charge in [-0.25, -0.2) is 9.67 Å². The lowest BCUT2D eigenvalue weighted by Crippen LogP contribution is -2.31. The molecule has 0 aliphatic heterocycles. The first-order valence-corrected chi connectivity index (χ1v) is 7.36. The second-order valence-electron chi connectivity index (χ2n) is 5.95. The van der Waals surface area contributed by atoms with Gasteiger partial charge in [-0.3, -0.25) is 11.3 Å². The molecule has 1 unspecified atom stereocenters. The highest BCUT2D eigenvalue weighted by atomic mass is 15.3. The van der Waals surface area contributed by atoms with Crippen molar-refractivity contribution in [3.05, 3.63) is 46.5 Å². The molecule has 1 aromatic carbocycles. The zero-order chi connectivity index (χ0) is 15.6. The van der Waals surface area contributed by atoms with Gasteiger partial charge in [0.2, 0.25) is 0 Å². The van der Waals surface area contributed by atoms with Crippen LogP contribution in [0, 0.1) is 20.8 Å². The number of nitrogens with two attached hydrogens (primary N) is 1. The topological polar surface area (TPSA) is 68.8 Å². The van der Waals surface area contributed by atoms with Gasteiger partial charge in [0.15, 0.2) is 0 Å². The quantitative estimate of drug-likeness (QED) is 0.655. The standard InChI is InChI=1S/C16H25N5/c1-10(2)21-15(18-9-19-21)8-14(20-17)16-12(4)6-11(3)7-13(16)5/h6-7,9-10,14,20H,8,17H2,1-5H3. The summed E-state index contributed by atoms with van der Waals surface area (Å²) in [7, 11) is 0. The Labute approximate surface area is 126 Å². The average molecular weight is 287 g/mol. The minimum absolute atomic E-state index is 0.0345. The van der Waals surface area contributed by atoms with Crippen LogP contribution in [0.1, 0.15) is 54.0 Å². The second-order valence-corrected chi connectivity index (χ2v) is 5.95. The largest absolute Gasteiger partial charge is 0.271 e. The zero-order valence-corrected chi connectivity index (χ0v) is 13.5. The number of aromatic nitrogens is 3. The van der Waals surface area contributed by atoms with Crippen molar-refractivity contribution in [1.82, 2.24) is 20.2 Å². The molecule has 1 atom stereocenters. The molecular formula is C16H25N5. The normalized spacial score (nSPS) is 12.9. The van der Waals surface area contributed by atoms with Crippen molar-refractivity contribution in [1.29, 1.82) is 0 Å². The summed E-state index contributed by atoms with van der Waals surface area (Å²) >= 11 is 0. The lowest BCUT2D eigenvalue weighted by molar-refractivity contribution is 0.467. The summed E-state index contributed by atoms with van der Waals surface area (Å²) in [5, 5.41) is 4.29. The van der Waals surface area contributed by atoms with Crippen LogP contribution in [0.3, 0.4) is 0 Å². The van der Waals surface area contributed by atoms with E-state index in [0.29, 0.717) is 6.04 Å². The van der Waals surface area contributed by atoms with Gasteiger partial charge in [-0.1, -0.05) is 17.7 Å². The molecule has 21 heavy (non-hydrogen) atoms. The Kier molecular flexibility index (Phi) is 4.75. The molecule has 0 saturated carbocycles. The molecule has 0 saturated heterocycles. The number of benzene rings is 1. The fraction of sp³-hybridized carbons (Fsp3) is 0.500. The summed E-state index contributed by atoms with van der Waals surface area (Å²) in [6.45, 7) is 10.6. The van der Waals surface area contributed by atoms with Gasteiger partial charge in [0.1, 0.15) is 12.2 Å². The number of rotatable bonds is 5. The first kappa shape index (κ1) is 15.7. The Morgan fingerprint density at radius 3 is 2.33 bits per heavy atom. The average Bonchev–Trinajstić information content (AvgIpc) is 2.84. The number of hydrogen-bond acceptors (Lipinski definition) is 4. The van der Waals surface area contributed by atoms with Gasteiger partial charge < -0.3 is 0 Å². The third-order valence-electron chi connectivity index (χ3n) is 3.81. The van der Waals surface area contributed by atoms with E-state index in [1.807, 2.05) is 4.68 Å². The van der Waals surface area contributed by atoms with E-state index in [1.54, 1.807) is 6.33 Å². The molecule has 0 spiro atoms. The Hall–Kier alpha value is -1.72. The summed E-state index contributed by atoms with van der Waals surface area (Å²) in [5.74, 6) is 6.77.